The van der Waals surface area contributed by atoms with Crippen LogP contribution in [0, 0.1) is 5.82 Å². The molecular weight excluding hydrogens is 319 g/mol. The molecule has 0 saturated carbocycles. The van der Waals surface area contributed by atoms with Crippen LogP contribution in [0.4, 0.5) is 10.1 Å². The zero-order valence-electron chi connectivity index (χ0n) is 11.9. The zero-order valence-corrected chi connectivity index (χ0v) is 12.7. The van der Waals surface area contributed by atoms with E-state index < -0.39 is 0 Å². The van der Waals surface area contributed by atoms with E-state index in [4.69, 9.17) is 11.6 Å². The number of hydrogen-bond acceptors (Lipinski definition) is 3. The molecule has 1 N–H and O–H groups in total. The minimum atomic E-state index is -0.350. The summed E-state index contributed by atoms with van der Waals surface area (Å²) in [7, 11) is 0. The molecule has 0 atom stereocenters. The highest BCUT2D eigenvalue weighted by molar-refractivity contribution is 6.30. The van der Waals surface area contributed by atoms with Crippen molar-refractivity contribution < 1.29 is 9.18 Å². The molecule has 2 aromatic carbocycles. The first kappa shape index (κ1) is 15.2. The standard InChI is InChI=1S/C16H12ClFN4O/c17-12-4-6-14(7-5-12)19-16(23)10-22-9-15(20-21-22)11-2-1-3-13(18)8-11/h1-9H,10H2,(H,19,23). The lowest BCUT2D eigenvalue weighted by molar-refractivity contribution is -0.116. The molecule has 0 saturated heterocycles. The van der Waals surface area contributed by atoms with Gasteiger partial charge in [-0.3, -0.25) is 4.79 Å². The lowest BCUT2D eigenvalue weighted by atomic mass is 10.2. The molecule has 0 spiro atoms. The third kappa shape index (κ3) is 3.92. The number of anilines is 1. The lowest BCUT2D eigenvalue weighted by Crippen LogP contribution is -2.19. The molecule has 1 heterocycles. The molecule has 0 unspecified atom stereocenters. The molecule has 1 amide bonds. The molecule has 0 aliphatic rings. The van der Waals surface area contributed by atoms with Crippen LogP contribution in [0.15, 0.2) is 54.7 Å². The third-order valence-electron chi connectivity index (χ3n) is 3.09. The van der Waals surface area contributed by atoms with E-state index in [0.717, 1.165) is 0 Å². The van der Waals surface area contributed by atoms with Crippen molar-refractivity contribution in [2.24, 2.45) is 0 Å². The second-order valence-electron chi connectivity index (χ2n) is 4.87. The summed E-state index contributed by atoms with van der Waals surface area (Å²) in [5, 5.41) is 11.2. The molecular formula is C16H12ClFN4O. The van der Waals surface area contributed by atoms with E-state index >= 15 is 0 Å². The van der Waals surface area contributed by atoms with Crippen molar-refractivity contribution >= 4 is 23.2 Å². The largest absolute Gasteiger partial charge is 0.324 e. The van der Waals surface area contributed by atoms with Crippen LogP contribution in [-0.2, 0) is 11.3 Å². The van der Waals surface area contributed by atoms with Crippen LogP contribution in [0.25, 0.3) is 11.3 Å². The van der Waals surface area contributed by atoms with Crippen LogP contribution in [-0.4, -0.2) is 20.9 Å². The number of nitrogens with zero attached hydrogens (tertiary/aromatic N) is 3. The normalized spacial score (nSPS) is 10.5. The fraction of sp³-hybridized carbons (Fsp3) is 0.0625. The van der Waals surface area contributed by atoms with Crippen molar-refractivity contribution in [1.82, 2.24) is 15.0 Å². The highest BCUT2D eigenvalue weighted by Gasteiger charge is 2.08. The van der Waals surface area contributed by atoms with E-state index in [2.05, 4.69) is 15.6 Å². The summed E-state index contributed by atoms with van der Waals surface area (Å²) in [6.07, 6.45) is 1.59. The van der Waals surface area contributed by atoms with Crippen molar-refractivity contribution in [3.05, 3.63) is 65.6 Å². The molecule has 0 aliphatic carbocycles. The molecule has 0 radical (unpaired) electrons. The summed E-state index contributed by atoms with van der Waals surface area (Å²) in [6, 6.07) is 12.8. The van der Waals surface area contributed by atoms with E-state index in [1.807, 2.05) is 0 Å². The quantitative estimate of drug-likeness (QED) is 0.797. The maximum Gasteiger partial charge on any atom is 0.246 e. The number of aromatic nitrogens is 3. The predicted octanol–water partition coefficient (Wildman–Crippen LogP) is 3.38. The highest BCUT2D eigenvalue weighted by Crippen LogP contribution is 2.17. The molecule has 3 aromatic rings. The summed E-state index contributed by atoms with van der Waals surface area (Å²) in [4.78, 5) is 12.0. The average molecular weight is 331 g/mol. The van der Waals surface area contributed by atoms with Gasteiger partial charge in [-0.25, -0.2) is 9.07 Å². The second-order valence-corrected chi connectivity index (χ2v) is 5.30. The number of carbonyl (C=O) groups is 1. The van der Waals surface area contributed by atoms with Gasteiger partial charge in [-0.05, 0) is 36.4 Å². The molecule has 23 heavy (non-hydrogen) atoms. The zero-order chi connectivity index (χ0) is 16.2. The van der Waals surface area contributed by atoms with Crippen LogP contribution in [0.1, 0.15) is 0 Å². The minimum Gasteiger partial charge on any atom is -0.324 e. The third-order valence-corrected chi connectivity index (χ3v) is 3.34. The lowest BCUT2D eigenvalue weighted by Gasteiger charge is -2.04. The average Bonchev–Trinajstić information content (AvgIpc) is 2.98. The molecule has 5 nitrogen and oxygen atoms in total. The van der Waals surface area contributed by atoms with E-state index in [9.17, 15) is 9.18 Å². The Bertz CT molecular complexity index is 832. The fourth-order valence-electron chi connectivity index (χ4n) is 2.04. The predicted molar refractivity (Wildman–Crippen MR) is 85.5 cm³/mol. The SMILES string of the molecule is O=C(Cn1cc(-c2cccc(F)c2)nn1)Nc1ccc(Cl)cc1. The molecule has 0 fully saturated rings. The highest BCUT2D eigenvalue weighted by atomic mass is 35.5. The van der Waals surface area contributed by atoms with Gasteiger partial charge in [-0.1, -0.05) is 28.9 Å². The van der Waals surface area contributed by atoms with Crippen molar-refractivity contribution in [2.75, 3.05) is 5.32 Å². The Hall–Kier alpha value is -2.73. The summed E-state index contributed by atoms with van der Waals surface area (Å²) in [5.74, 6) is -0.597. The summed E-state index contributed by atoms with van der Waals surface area (Å²) >= 11 is 5.79. The van der Waals surface area contributed by atoms with E-state index in [-0.39, 0.29) is 18.3 Å². The number of benzene rings is 2. The van der Waals surface area contributed by atoms with Gasteiger partial charge in [0, 0.05) is 16.3 Å². The van der Waals surface area contributed by atoms with Gasteiger partial charge in [-0.2, -0.15) is 0 Å². The topological polar surface area (TPSA) is 59.8 Å². The maximum atomic E-state index is 13.2. The Kier molecular flexibility index (Phi) is 4.34. The molecule has 116 valence electrons. The number of hydrogen-bond donors (Lipinski definition) is 1. The first-order valence-electron chi connectivity index (χ1n) is 6.82. The van der Waals surface area contributed by atoms with Crippen molar-refractivity contribution in [1.29, 1.82) is 0 Å². The maximum absolute atomic E-state index is 13.2. The van der Waals surface area contributed by atoms with Crippen LogP contribution >= 0.6 is 11.6 Å². The Morgan fingerprint density at radius 2 is 2.00 bits per heavy atom. The van der Waals surface area contributed by atoms with Crippen molar-refractivity contribution in [3.8, 4) is 11.3 Å². The Morgan fingerprint density at radius 3 is 2.74 bits per heavy atom. The van der Waals surface area contributed by atoms with Gasteiger partial charge in [-0.15, -0.1) is 5.10 Å². The van der Waals surface area contributed by atoms with Crippen LogP contribution in [0.3, 0.4) is 0 Å². The van der Waals surface area contributed by atoms with Gasteiger partial charge in [0.1, 0.15) is 18.1 Å². The van der Waals surface area contributed by atoms with E-state index in [0.29, 0.717) is 22.0 Å². The van der Waals surface area contributed by atoms with Gasteiger partial charge in [0.15, 0.2) is 0 Å². The van der Waals surface area contributed by atoms with Crippen LogP contribution in [0.2, 0.25) is 5.02 Å². The van der Waals surface area contributed by atoms with Gasteiger partial charge in [0.05, 0.1) is 6.20 Å². The number of rotatable bonds is 4. The van der Waals surface area contributed by atoms with Crippen LogP contribution in [0.5, 0.6) is 0 Å². The molecule has 1 aromatic heterocycles. The smallest absolute Gasteiger partial charge is 0.246 e. The second kappa shape index (κ2) is 6.58. The fourth-order valence-corrected chi connectivity index (χ4v) is 2.16. The number of carbonyl (C=O) groups excluding carboxylic acids is 1. The summed E-state index contributed by atoms with van der Waals surface area (Å²) in [5.41, 5.74) is 1.75. The van der Waals surface area contributed by atoms with Gasteiger partial charge < -0.3 is 5.32 Å². The molecule has 0 aliphatic heterocycles. The Balaban J connectivity index is 1.66. The summed E-state index contributed by atoms with van der Waals surface area (Å²) in [6.45, 7) is 0.00490. The van der Waals surface area contributed by atoms with Gasteiger partial charge in [0.2, 0.25) is 5.91 Å². The summed E-state index contributed by atoms with van der Waals surface area (Å²) < 4.78 is 14.6. The number of amides is 1. The van der Waals surface area contributed by atoms with Crippen molar-refractivity contribution in [2.45, 2.75) is 6.54 Å². The van der Waals surface area contributed by atoms with E-state index in [1.54, 1.807) is 42.6 Å². The first-order chi connectivity index (χ1) is 11.1. The molecule has 7 heteroatoms. The van der Waals surface area contributed by atoms with Gasteiger partial charge in [0.25, 0.3) is 0 Å². The van der Waals surface area contributed by atoms with E-state index in [1.165, 1.54) is 16.8 Å². The molecule has 3 rings (SSSR count). The molecule has 0 bridgehead atoms. The first-order valence-corrected chi connectivity index (χ1v) is 7.19. The number of halogens is 2. The Morgan fingerprint density at radius 1 is 1.22 bits per heavy atom. The minimum absolute atomic E-state index is 0.00490. The van der Waals surface area contributed by atoms with Crippen LogP contribution < -0.4 is 5.32 Å². The van der Waals surface area contributed by atoms with Gasteiger partial charge >= 0.3 is 0 Å². The monoisotopic (exact) mass is 330 g/mol. The Labute approximate surface area is 136 Å². The van der Waals surface area contributed by atoms with Crippen molar-refractivity contribution in [3.63, 3.8) is 0 Å². The number of nitrogens with one attached hydrogen (secondary N) is 1.